The lowest BCUT2D eigenvalue weighted by Crippen LogP contribution is -2.13. The van der Waals surface area contributed by atoms with Crippen molar-refractivity contribution in [3.63, 3.8) is 0 Å². The second-order valence-corrected chi connectivity index (χ2v) is 6.86. The van der Waals surface area contributed by atoms with Crippen molar-refractivity contribution in [3.05, 3.63) is 81.2 Å². The van der Waals surface area contributed by atoms with Gasteiger partial charge in [-0.1, -0.05) is 41.4 Å². The van der Waals surface area contributed by atoms with Gasteiger partial charge in [0.15, 0.2) is 5.65 Å². The molecule has 0 bridgehead atoms. The minimum atomic E-state index is -0.245. The van der Waals surface area contributed by atoms with Crippen molar-refractivity contribution < 1.29 is 0 Å². The van der Waals surface area contributed by atoms with E-state index in [1.54, 1.807) is 24.4 Å². The van der Waals surface area contributed by atoms with Gasteiger partial charge in [0.25, 0.3) is 5.56 Å². The lowest BCUT2D eigenvalue weighted by Gasteiger charge is -2.11. The van der Waals surface area contributed by atoms with Crippen LogP contribution in [-0.2, 0) is 0 Å². The van der Waals surface area contributed by atoms with Crippen LogP contribution in [0.3, 0.4) is 0 Å². The number of rotatable bonds is 3. The Labute approximate surface area is 161 Å². The van der Waals surface area contributed by atoms with Gasteiger partial charge in [0.1, 0.15) is 0 Å². The standard InChI is InChI=1S/C21H17ClN4O/c1-12-3-8-17(13(2)11-12)24-21-25-19-18(20(27)26-21)16(9-10-23-19)14-4-6-15(22)7-5-14/h3-11H,1-2H3,(H2,23,24,25,26,27). The first-order valence-electron chi connectivity index (χ1n) is 8.50. The minimum absolute atomic E-state index is 0.245. The minimum Gasteiger partial charge on any atom is -0.325 e. The van der Waals surface area contributed by atoms with E-state index in [1.165, 1.54) is 5.56 Å². The summed E-state index contributed by atoms with van der Waals surface area (Å²) in [7, 11) is 0. The maximum Gasteiger partial charge on any atom is 0.262 e. The van der Waals surface area contributed by atoms with E-state index in [4.69, 9.17) is 11.6 Å². The van der Waals surface area contributed by atoms with Crippen molar-refractivity contribution in [2.45, 2.75) is 13.8 Å². The first-order chi connectivity index (χ1) is 13.0. The predicted octanol–water partition coefficient (Wildman–Crippen LogP) is 5.00. The van der Waals surface area contributed by atoms with E-state index < -0.39 is 0 Å². The van der Waals surface area contributed by atoms with Gasteiger partial charge in [-0.3, -0.25) is 9.78 Å². The summed E-state index contributed by atoms with van der Waals surface area (Å²) >= 11 is 5.97. The summed E-state index contributed by atoms with van der Waals surface area (Å²) in [5.41, 5.74) is 4.92. The highest BCUT2D eigenvalue weighted by molar-refractivity contribution is 6.30. The number of hydrogen-bond donors (Lipinski definition) is 2. The highest BCUT2D eigenvalue weighted by atomic mass is 35.5. The average Bonchev–Trinajstić information content (AvgIpc) is 2.64. The fourth-order valence-electron chi connectivity index (χ4n) is 3.07. The smallest absolute Gasteiger partial charge is 0.262 e. The van der Waals surface area contributed by atoms with Crippen LogP contribution >= 0.6 is 11.6 Å². The Morgan fingerprint density at radius 3 is 2.56 bits per heavy atom. The van der Waals surface area contributed by atoms with Gasteiger partial charge < -0.3 is 5.32 Å². The fourth-order valence-corrected chi connectivity index (χ4v) is 3.20. The van der Waals surface area contributed by atoms with Gasteiger partial charge in [-0.05, 0) is 54.8 Å². The molecule has 0 amide bonds. The van der Waals surface area contributed by atoms with Crippen LogP contribution < -0.4 is 10.9 Å². The molecule has 0 atom stereocenters. The van der Waals surface area contributed by atoms with E-state index in [-0.39, 0.29) is 5.56 Å². The number of fused-ring (bicyclic) bond motifs is 1. The summed E-state index contributed by atoms with van der Waals surface area (Å²) in [6, 6.07) is 15.2. The van der Waals surface area contributed by atoms with Crippen molar-refractivity contribution >= 4 is 34.3 Å². The molecule has 134 valence electrons. The number of halogens is 1. The molecule has 2 aromatic heterocycles. The van der Waals surface area contributed by atoms with E-state index in [0.29, 0.717) is 22.0 Å². The zero-order valence-corrected chi connectivity index (χ0v) is 15.6. The molecule has 0 aliphatic carbocycles. The molecular weight excluding hydrogens is 360 g/mol. The molecule has 0 aliphatic heterocycles. The Balaban J connectivity index is 1.81. The monoisotopic (exact) mass is 376 g/mol. The summed E-state index contributed by atoms with van der Waals surface area (Å²) in [4.78, 5) is 24.4. The van der Waals surface area contributed by atoms with Gasteiger partial charge in [-0.2, -0.15) is 4.98 Å². The number of nitrogens with one attached hydrogen (secondary N) is 2. The van der Waals surface area contributed by atoms with Crippen molar-refractivity contribution in [3.8, 4) is 11.1 Å². The summed E-state index contributed by atoms with van der Waals surface area (Å²) < 4.78 is 0. The lowest BCUT2D eigenvalue weighted by atomic mass is 10.0. The quantitative estimate of drug-likeness (QED) is 0.528. The summed E-state index contributed by atoms with van der Waals surface area (Å²) in [6.07, 6.45) is 1.65. The van der Waals surface area contributed by atoms with Crippen LogP contribution in [-0.4, -0.2) is 15.0 Å². The van der Waals surface area contributed by atoms with E-state index in [9.17, 15) is 4.79 Å². The Hall–Kier alpha value is -3.18. The molecule has 4 aromatic rings. The number of pyridine rings is 1. The van der Waals surface area contributed by atoms with E-state index in [0.717, 1.165) is 22.4 Å². The summed E-state index contributed by atoms with van der Waals surface area (Å²) in [5, 5.41) is 4.27. The molecule has 2 N–H and O–H groups in total. The molecule has 27 heavy (non-hydrogen) atoms. The Kier molecular flexibility index (Phi) is 4.38. The molecular formula is C21H17ClN4O. The maximum atomic E-state index is 12.8. The van der Waals surface area contributed by atoms with E-state index >= 15 is 0 Å². The molecule has 2 aromatic carbocycles. The van der Waals surface area contributed by atoms with Crippen LogP contribution in [0.2, 0.25) is 5.02 Å². The van der Waals surface area contributed by atoms with Gasteiger partial charge in [0.05, 0.1) is 5.39 Å². The number of hydrogen-bond acceptors (Lipinski definition) is 4. The normalized spacial score (nSPS) is 10.9. The predicted molar refractivity (Wildman–Crippen MR) is 110 cm³/mol. The van der Waals surface area contributed by atoms with Crippen LogP contribution in [0.1, 0.15) is 11.1 Å². The van der Waals surface area contributed by atoms with Crippen molar-refractivity contribution in [2.75, 3.05) is 5.32 Å². The van der Waals surface area contributed by atoms with E-state index in [2.05, 4.69) is 26.3 Å². The summed E-state index contributed by atoms with van der Waals surface area (Å²) in [6.45, 7) is 4.04. The van der Waals surface area contributed by atoms with E-state index in [1.807, 2.05) is 38.1 Å². The average molecular weight is 377 g/mol. The molecule has 0 unspecified atom stereocenters. The van der Waals surface area contributed by atoms with Gasteiger partial charge in [-0.25, -0.2) is 4.98 Å². The first kappa shape index (κ1) is 17.2. The van der Waals surface area contributed by atoms with Crippen LogP contribution in [0.5, 0.6) is 0 Å². The Bertz CT molecular complexity index is 1200. The Morgan fingerprint density at radius 2 is 1.81 bits per heavy atom. The first-order valence-corrected chi connectivity index (χ1v) is 8.88. The number of H-pyrrole nitrogens is 1. The van der Waals surface area contributed by atoms with Gasteiger partial charge >= 0.3 is 0 Å². The number of aryl methyl sites for hydroxylation is 2. The highest BCUT2D eigenvalue weighted by Gasteiger charge is 2.12. The fraction of sp³-hybridized carbons (Fsp3) is 0.0952. The third-order valence-electron chi connectivity index (χ3n) is 4.40. The zero-order chi connectivity index (χ0) is 19.0. The van der Waals surface area contributed by atoms with Crippen LogP contribution in [0.15, 0.2) is 59.5 Å². The second kappa shape index (κ2) is 6.85. The number of aromatic amines is 1. The highest BCUT2D eigenvalue weighted by Crippen LogP contribution is 2.26. The van der Waals surface area contributed by atoms with Crippen molar-refractivity contribution in [1.29, 1.82) is 0 Å². The third kappa shape index (κ3) is 3.41. The van der Waals surface area contributed by atoms with Crippen LogP contribution in [0.4, 0.5) is 11.6 Å². The zero-order valence-electron chi connectivity index (χ0n) is 14.9. The molecule has 0 fully saturated rings. The van der Waals surface area contributed by atoms with Gasteiger partial charge in [0, 0.05) is 16.9 Å². The number of anilines is 2. The molecule has 0 radical (unpaired) electrons. The lowest BCUT2D eigenvalue weighted by molar-refractivity contribution is 1.14. The molecule has 0 saturated heterocycles. The molecule has 5 nitrogen and oxygen atoms in total. The SMILES string of the molecule is Cc1ccc(Nc2nc3nccc(-c4ccc(Cl)cc4)c3c(=O)[nH]2)c(C)c1. The third-order valence-corrected chi connectivity index (χ3v) is 4.65. The molecule has 0 aliphatic rings. The van der Waals surface area contributed by atoms with Gasteiger partial charge in [-0.15, -0.1) is 0 Å². The van der Waals surface area contributed by atoms with Gasteiger partial charge in [0.2, 0.25) is 5.95 Å². The van der Waals surface area contributed by atoms with Crippen molar-refractivity contribution in [1.82, 2.24) is 15.0 Å². The van der Waals surface area contributed by atoms with Crippen LogP contribution in [0, 0.1) is 13.8 Å². The topological polar surface area (TPSA) is 70.7 Å². The molecule has 4 rings (SSSR count). The number of nitrogens with zero attached hydrogens (tertiary/aromatic N) is 2. The molecule has 2 heterocycles. The molecule has 0 saturated carbocycles. The number of benzene rings is 2. The second-order valence-electron chi connectivity index (χ2n) is 6.42. The Morgan fingerprint density at radius 1 is 1.04 bits per heavy atom. The molecule has 0 spiro atoms. The number of aromatic nitrogens is 3. The molecule has 6 heteroatoms. The van der Waals surface area contributed by atoms with Crippen LogP contribution in [0.25, 0.3) is 22.2 Å². The largest absolute Gasteiger partial charge is 0.325 e. The van der Waals surface area contributed by atoms with Crippen molar-refractivity contribution in [2.24, 2.45) is 0 Å². The summed E-state index contributed by atoms with van der Waals surface area (Å²) in [5.74, 6) is 0.361. The maximum absolute atomic E-state index is 12.8.